The zero-order chi connectivity index (χ0) is 11.8. The minimum Gasteiger partial charge on any atom is -0.550 e. The average Bonchev–Trinajstić information content (AvgIpc) is 2.29. The summed E-state index contributed by atoms with van der Waals surface area (Å²) in [7, 11) is 0. The van der Waals surface area contributed by atoms with Gasteiger partial charge >= 0.3 is 0 Å². The molecule has 0 aliphatic heterocycles. The number of carbonyl (C=O) groups is 1. The Morgan fingerprint density at radius 1 is 1.24 bits per heavy atom. The first-order chi connectivity index (χ1) is 7.74. The van der Waals surface area contributed by atoms with Gasteiger partial charge in [0.05, 0.1) is 0 Å². The van der Waals surface area contributed by atoms with Crippen molar-refractivity contribution in [2.45, 2.75) is 31.6 Å². The maximum Gasteiger partial charge on any atom is 0.0420 e. The lowest BCUT2D eigenvalue weighted by Gasteiger charge is -2.17. The number of nitrogens with two attached hydrogens (primary N) is 1. The van der Waals surface area contributed by atoms with E-state index in [1.807, 2.05) is 30.3 Å². The Bertz CT molecular complexity index is 316. The van der Waals surface area contributed by atoms with Gasteiger partial charge in [0.1, 0.15) is 0 Å². The van der Waals surface area contributed by atoms with Crippen LogP contribution in [0.4, 0.5) is 0 Å². The monoisotopic (exact) mass is 256 g/mol. The van der Waals surface area contributed by atoms with Gasteiger partial charge in [0, 0.05) is 5.97 Å². The Morgan fingerprint density at radius 3 is 2.41 bits per heavy atom. The molecule has 0 saturated carbocycles. The molecule has 0 aliphatic rings. The van der Waals surface area contributed by atoms with E-state index in [0.717, 1.165) is 24.8 Å². The molecule has 0 radical (unpaired) electrons. The zero-order valence-corrected chi connectivity index (χ0v) is 10.6. The van der Waals surface area contributed by atoms with Gasteiger partial charge in [-0.3, -0.25) is 0 Å². The minimum atomic E-state index is -0.985. The van der Waals surface area contributed by atoms with E-state index in [1.54, 1.807) is 0 Å². The molecule has 0 saturated heterocycles. The quantitative estimate of drug-likeness (QED) is 0.751. The summed E-state index contributed by atoms with van der Waals surface area (Å²) in [6.45, 7) is 0.660. The van der Waals surface area contributed by atoms with Crippen LogP contribution in [0.2, 0.25) is 0 Å². The summed E-state index contributed by atoms with van der Waals surface area (Å²) in [5, 5.41) is 10.7. The van der Waals surface area contributed by atoms with Crippen molar-refractivity contribution in [3.63, 3.8) is 0 Å². The van der Waals surface area contributed by atoms with E-state index in [1.165, 1.54) is 0 Å². The van der Waals surface area contributed by atoms with Crippen LogP contribution in [0, 0.1) is 0 Å². The highest BCUT2D eigenvalue weighted by atomic mass is 35.5. The third-order valence-electron chi connectivity index (χ3n) is 2.69. The molecule has 0 spiro atoms. The van der Waals surface area contributed by atoms with Gasteiger partial charge in [-0.1, -0.05) is 36.8 Å². The van der Waals surface area contributed by atoms with Crippen molar-refractivity contribution >= 4 is 18.4 Å². The zero-order valence-electron chi connectivity index (χ0n) is 9.80. The highest BCUT2D eigenvalue weighted by molar-refractivity contribution is 5.85. The standard InChI is InChI=1S/C13H19NO2.ClH/c14-9-5-4-8-12(10-13(15)16)11-6-2-1-3-7-11;/h1-3,6-7,12H,4-5,8-10,14H2,(H,15,16);1H/p-1. The first-order valence-electron chi connectivity index (χ1n) is 5.69. The molecule has 1 aromatic carbocycles. The first-order valence-corrected chi connectivity index (χ1v) is 5.69. The van der Waals surface area contributed by atoms with Crippen LogP contribution in [0.5, 0.6) is 0 Å². The normalized spacial score (nSPS) is 11.6. The summed E-state index contributed by atoms with van der Waals surface area (Å²) in [4.78, 5) is 10.7. The lowest BCUT2D eigenvalue weighted by molar-refractivity contribution is -0.306. The smallest absolute Gasteiger partial charge is 0.0420 e. The predicted octanol–water partition coefficient (Wildman–Crippen LogP) is 1.46. The Kier molecular flexibility index (Phi) is 8.46. The van der Waals surface area contributed by atoms with E-state index in [9.17, 15) is 9.90 Å². The van der Waals surface area contributed by atoms with E-state index in [0.29, 0.717) is 6.54 Å². The second-order valence-electron chi connectivity index (χ2n) is 3.97. The molecule has 3 nitrogen and oxygen atoms in total. The van der Waals surface area contributed by atoms with Crippen molar-refractivity contribution in [1.29, 1.82) is 0 Å². The number of carboxylic acid groups (broad SMARTS) is 1. The van der Waals surface area contributed by atoms with Gasteiger partial charge in [0.2, 0.25) is 0 Å². The maximum absolute atomic E-state index is 10.7. The molecular weight excluding hydrogens is 238 g/mol. The van der Waals surface area contributed by atoms with Crippen molar-refractivity contribution < 1.29 is 9.90 Å². The van der Waals surface area contributed by atoms with Gasteiger partial charge in [0.15, 0.2) is 0 Å². The molecule has 96 valence electrons. The SMILES string of the molecule is Cl.NCCCCC(CC(=O)[O-])c1ccccc1. The van der Waals surface area contributed by atoms with E-state index < -0.39 is 5.97 Å². The third-order valence-corrected chi connectivity index (χ3v) is 2.69. The van der Waals surface area contributed by atoms with Crippen LogP contribution >= 0.6 is 12.4 Å². The van der Waals surface area contributed by atoms with Crippen molar-refractivity contribution in [2.75, 3.05) is 6.54 Å². The van der Waals surface area contributed by atoms with Crippen LogP contribution in [-0.4, -0.2) is 12.5 Å². The molecule has 0 amide bonds. The van der Waals surface area contributed by atoms with Crippen LogP contribution < -0.4 is 10.8 Å². The maximum atomic E-state index is 10.7. The number of halogens is 1. The Hall–Kier alpha value is -1.06. The summed E-state index contributed by atoms with van der Waals surface area (Å²) in [5.74, 6) is -0.931. The van der Waals surface area contributed by atoms with E-state index >= 15 is 0 Å². The average molecular weight is 257 g/mol. The van der Waals surface area contributed by atoms with Gasteiger partial charge in [-0.05, 0) is 37.3 Å². The largest absolute Gasteiger partial charge is 0.550 e. The molecule has 1 atom stereocenters. The summed E-state index contributed by atoms with van der Waals surface area (Å²) in [5.41, 5.74) is 6.50. The van der Waals surface area contributed by atoms with Gasteiger partial charge in [-0.25, -0.2) is 0 Å². The van der Waals surface area contributed by atoms with Crippen LogP contribution in [0.25, 0.3) is 0 Å². The van der Waals surface area contributed by atoms with Crippen molar-refractivity contribution in [3.8, 4) is 0 Å². The Labute approximate surface area is 108 Å². The number of hydrogen-bond acceptors (Lipinski definition) is 3. The third kappa shape index (κ3) is 6.29. The molecule has 1 unspecified atom stereocenters. The Balaban J connectivity index is 0.00000256. The summed E-state index contributed by atoms with van der Waals surface area (Å²) >= 11 is 0. The number of aliphatic carboxylic acids is 1. The highest BCUT2D eigenvalue weighted by Gasteiger charge is 2.10. The van der Waals surface area contributed by atoms with Gasteiger partial charge in [-0.2, -0.15) is 0 Å². The second-order valence-corrected chi connectivity index (χ2v) is 3.97. The first kappa shape index (κ1) is 15.9. The lowest BCUT2D eigenvalue weighted by atomic mass is 9.91. The number of carboxylic acids is 1. The fourth-order valence-electron chi connectivity index (χ4n) is 1.85. The van der Waals surface area contributed by atoms with E-state index in [-0.39, 0.29) is 24.7 Å². The minimum absolute atomic E-state index is 0. The summed E-state index contributed by atoms with van der Waals surface area (Å²) < 4.78 is 0. The van der Waals surface area contributed by atoms with Crippen molar-refractivity contribution in [3.05, 3.63) is 35.9 Å². The van der Waals surface area contributed by atoms with Crippen LogP contribution in [0.1, 0.15) is 37.2 Å². The number of rotatable bonds is 7. The number of benzene rings is 1. The number of hydrogen-bond donors (Lipinski definition) is 1. The van der Waals surface area contributed by atoms with Gasteiger partial charge in [-0.15, -0.1) is 12.4 Å². The van der Waals surface area contributed by atoms with Crippen molar-refractivity contribution in [1.82, 2.24) is 0 Å². The number of carbonyl (C=O) groups excluding carboxylic acids is 1. The highest BCUT2D eigenvalue weighted by Crippen LogP contribution is 2.24. The molecule has 0 aromatic heterocycles. The molecule has 0 heterocycles. The van der Waals surface area contributed by atoms with Crippen LogP contribution in [-0.2, 0) is 4.79 Å². The molecule has 4 heteroatoms. The molecule has 0 fully saturated rings. The molecule has 0 aliphatic carbocycles. The molecule has 17 heavy (non-hydrogen) atoms. The van der Waals surface area contributed by atoms with Crippen LogP contribution in [0.15, 0.2) is 30.3 Å². The van der Waals surface area contributed by atoms with Gasteiger partial charge in [0.25, 0.3) is 0 Å². The molecule has 2 N–H and O–H groups in total. The molecule has 1 aromatic rings. The van der Waals surface area contributed by atoms with E-state index in [4.69, 9.17) is 5.73 Å². The fourth-order valence-corrected chi connectivity index (χ4v) is 1.85. The van der Waals surface area contributed by atoms with Crippen LogP contribution in [0.3, 0.4) is 0 Å². The summed E-state index contributed by atoms with van der Waals surface area (Å²) in [6, 6.07) is 9.73. The molecule has 0 bridgehead atoms. The number of unbranched alkanes of at least 4 members (excludes halogenated alkanes) is 1. The predicted molar refractivity (Wildman–Crippen MR) is 69.0 cm³/mol. The van der Waals surface area contributed by atoms with Gasteiger partial charge < -0.3 is 15.6 Å². The molecule has 1 rings (SSSR count). The van der Waals surface area contributed by atoms with E-state index in [2.05, 4.69) is 0 Å². The Morgan fingerprint density at radius 2 is 1.88 bits per heavy atom. The molecular formula is C13H19ClNO2-. The summed E-state index contributed by atoms with van der Waals surface area (Å²) in [6.07, 6.45) is 2.85. The van der Waals surface area contributed by atoms with Crippen molar-refractivity contribution in [2.24, 2.45) is 5.73 Å². The topological polar surface area (TPSA) is 66.2 Å². The lowest BCUT2D eigenvalue weighted by Crippen LogP contribution is -2.24. The fraction of sp³-hybridized carbons (Fsp3) is 0.462. The second kappa shape index (κ2) is 9.02.